The summed E-state index contributed by atoms with van der Waals surface area (Å²) in [7, 11) is 10.7. The largest absolute Gasteiger partial charge is 0.369 e. The lowest BCUT2D eigenvalue weighted by atomic mass is 9.87. The van der Waals surface area contributed by atoms with Crippen LogP contribution in [-0.2, 0) is 26.3 Å². The second kappa shape index (κ2) is 22.8. The first-order valence-corrected chi connectivity index (χ1v) is 25.6. The fourth-order valence-electron chi connectivity index (χ4n) is 11.1. The van der Waals surface area contributed by atoms with Crippen molar-refractivity contribution < 1.29 is 9.59 Å². The third-order valence-corrected chi connectivity index (χ3v) is 15.7. The average molecular weight is 953 g/mol. The van der Waals surface area contributed by atoms with E-state index in [1.807, 2.05) is 34.6 Å². The number of nitrogens with one attached hydrogen (secondary N) is 1. The van der Waals surface area contributed by atoms with E-state index in [0.29, 0.717) is 59.2 Å². The molecule has 5 aromatic rings. The molecule has 1 amide bonds. The maximum Gasteiger partial charge on any atom is 0.251 e. The number of carbonyl (C=O) groups excluding carboxylic acids is 2. The Hall–Kier alpha value is -4.42. The van der Waals surface area contributed by atoms with Crippen LogP contribution in [0.15, 0.2) is 61.1 Å². The van der Waals surface area contributed by atoms with E-state index in [1.165, 1.54) is 18.4 Å². The normalized spacial score (nSPS) is 19.3. The summed E-state index contributed by atoms with van der Waals surface area (Å²) < 4.78 is 4.02. The summed E-state index contributed by atoms with van der Waals surface area (Å²) in [6, 6.07) is 16.3. The number of rotatable bonds is 20. The molecular weight excluding hydrogens is 878 g/mol. The zero-order chi connectivity index (χ0) is 47.9. The van der Waals surface area contributed by atoms with Crippen LogP contribution in [0.1, 0.15) is 127 Å². The van der Waals surface area contributed by atoms with Crippen LogP contribution >= 0.6 is 23.2 Å². The Kier molecular flexibility index (Phi) is 17.2. The van der Waals surface area contributed by atoms with Crippen molar-refractivity contribution in [2.75, 3.05) is 57.6 Å². The second-order valence-electron chi connectivity index (χ2n) is 19.9. The van der Waals surface area contributed by atoms with E-state index in [9.17, 15) is 9.59 Å². The first kappa shape index (κ1) is 50.5. The molecule has 2 saturated carbocycles. The third-order valence-electron chi connectivity index (χ3n) is 15.2. The molecule has 1 atom stereocenters. The molecule has 0 aliphatic heterocycles. The number of nitrogens with zero attached hydrogens (tertiary/aromatic N) is 8. The maximum atomic E-state index is 14.4. The molecule has 3 heterocycles. The van der Waals surface area contributed by atoms with Gasteiger partial charge in [0, 0.05) is 121 Å². The Morgan fingerprint density at radius 3 is 1.93 bits per heavy atom. The molecule has 0 bridgehead atoms. The van der Waals surface area contributed by atoms with Gasteiger partial charge in [0.25, 0.3) is 5.91 Å². The highest BCUT2D eigenvalue weighted by Crippen LogP contribution is 2.37. The smallest absolute Gasteiger partial charge is 0.251 e. The molecule has 1 N–H and O–H groups in total. The van der Waals surface area contributed by atoms with E-state index in [-0.39, 0.29) is 17.6 Å². The molecule has 11 nitrogen and oxygen atoms in total. The molecule has 2 aliphatic carbocycles. The molecule has 362 valence electrons. The molecule has 2 aliphatic rings. The van der Waals surface area contributed by atoms with Crippen molar-refractivity contribution in [3.8, 4) is 0 Å². The van der Waals surface area contributed by atoms with Gasteiger partial charge >= 0.3 is 0 Å². The summed E-state index contributed by atoms with van der Waals surface area (Å²) in [5, 5.41) is 9.07. The zero-order valence-electron chi connectivity index (χ0n) is 41.6. The molecule has 3 aromatic heterocycles. The molecule has 67 heavy (non-hydrogen) atoms. The number of anilines is 2. The Morgan fingerprint density at radius 2 is 1.34 bits per heavy atom. The van der Waals surface area contributed by atoms with Crippen LogP contribution in [-0.4, -0.2) is 113 Å². The van der Waals surface area contributed by atoms with Crippen LogP contribution in [0.5, 0.6) is 0 Å². The Bertz CT molecular complexity index is 2460. The van der Waals surface area contributed by atoms with Gasteiger partial charge in [0.05, 0.1) is 5.52 Å². The summed E-state index contributed by atoms with van der Waals surface area (Å²) in [4.78, 5) is 42.3. The van der Waals surface area contributed by atoms with Crippen LogP contribution in [0.2, 0.25) is 10.0 Å². The highest BCUT2D eigenvalue weighted by molar-refractivity contribution is 6.31. The summed E-state index contributed by atoms with van der Waals surface area (Å²) in [5.74, 6) is 1.06. The molecule has 13 heteroatoms. The van der Waals surface area contributed by atoms with Gasteiger partial charge in [-0.1, -0.05) is 36.5 Å². The average Bonchev–Trinajstić information content (AvgIpc) is 3.97. The quantitative estimate of drug-likeness (QED) is 0.0771. The van der Waals surface area contributed by atoms with Gasteiger partial charge in [-0.25, -0.2) is 9.50 Å². The van der Waals surface area contributed by atoms with Gasteiger partial charge in [-0.15, -0.1) is 0 Å². The predicted octanol–water partition coefficient (Wildman–Crippen LogP) is 10.4. The number of aryl methyl sites for hydroxylation is 1. The first-order chi connectivity index (χ1) is 32.1. The van der Waals surface area contributed by atoms with Gasteiger partial charge in [0.2, 0.25) is 0 Å². The summed E-state index contributed by atoms with van der Waals surface area (Å²) in [6.45, 7) is 10.7. The number of benzene rings is 2. The van der Waals surface area contributed by atoms with Crippen molar-refractivity contribution >= 4 is 51.8 Å². The Morgan fingerprint density at radius 1 is 0.761 bits per heavy atom. The van der Waals surface area contributed by atoms with Crippen LogP contribution in [0.25, 0.3) is 5.52 Å². The van der Waals surface area contributed by atoms with Gasteiger partial charge in [0.1, 0.15) is 5.82 Å². The van der Waals surface area contributed by atoms with Gasteiger partial charge < -0.3 is 29.5 Å². The third kappa shape index (κ3) is 12.1. The van der Waals surface area contributed by atoms with Gasteiger partial charge in [0.15, 0.2) is 5.78 Å². The van der Waals surface area contributed by atoms with Crippen molar-refractivity contribution in [1.29, 1.82) is 0 Å². The highest BCUT2D eigenvalue weighted by Gasteiger charge is 2.31. The van der Waals surface area contributed by atoms with Crippen molar-refractivity contribution in [3.05, 3.63) is 110 Å². The number of hydrogen-bond acceptors (Lipinski definition) is 8. The highest BCUT2D eigenvalue weighted by atomic mass is 35.5. The summed E-state index contributed by atoms with van der Waals surface area (Å²) in [6.07, 6.45) is 18.0. The number of hydrogen-bond donors (Lipinski definition) is 1. The fourth-order valence-corrected chi connectivity index (χ4v) is 11.5. The van der Waals surface area contributed by atoms with E-state index in [0.717, 1.165) is 116 Å². The van der Waals surface area contributed by atoms with E-state index in [4.69, 9.17) is 28.3 Å². The number of imidazole rings is 1. The number of ketones is 1. The number of halogens is 2. The zero-order valence-corrected chi connectivity index (χ0v) is 43.1. The van der Waals surface area contributed by atoms with Crippen molar-refractivity contribution in [2.24, 2.45) is 13.0 Å². The predicted molar refractivity (Wildman–Crippen MR) is 277 cm³/mol. The van der Waals surface area contributed by atoms with Gasteiger partial charge in [-0.3, -0.25) is 9.59 Å². The lowest BCUT2D eigenvalue weighted by Gasteiger charge is -2.41. The van der Waals surface area contributed by atoms with E-state index in [2.05, 4.69) is 116 Å². The molecular formula is C54H75Cl2N9O2. The molecule has 7 rings (SSSR count). The van der Waals surface area contributed by atoms with Crippen molar-refractivity contribution in [3.63, 3.8) is 0 Å². The van der Waals surface area contributed by atoms with Crippen LogP contribution < -0.4 is 15.1 Å². The van der Waals surface area contributed by atoms with Crippen LogP contribution in [0, 0.1) is 19.8 Å². The van der Waals surface area contributed by atoms with E-state index < -0.39 is 0 Å². The molecule has 0 spiro atoms. The molecule has 2 fully saturated rings. The second-order valence-corrected chi connectivity index (χ2v) is 20.7. The fraction of sp³-hybridized carbons (Fsp3) is 0.556. The van der Waals surface area contributed by atoms with Crippen molar-refractivity contribution in [2.45, 2.75) is 135 Å². The minimum Gasteiger partial charge on any atom is -0.369 e. The molecule has 0 saturated heterocycles. The first-order valence-electron chi connectivity index (χ1n) is 24.8. The Labute approximate surface area is 410 Å². The van der Waals surface area contributed by atoms with E-state index >= 15 is 0 Å². The summed E-state index contributed by atoms with van der Waals surface area (Å²) >= 11 is 13.7. The number of aromatic nitrogens is 4. The number of fused-ring (bicyclic) bond motifs is 1. The minimum absolute atomic E-state index is 0.117. The lowest BCUT2D eigenvalue weighted by molar-refractivity contribution is 0.0947. The number of carbonyl (C=O) groups is 2. The monoisotopic (exact) mass is 952 g/mol. The molecule has 1 unspecified atom stereocenters. The van der Waals surface area contributed by atoms with Gasteiger partial charge in [-0.2, -0.15) is 5.10 Å². The maximum absolute atomic E-state index is 14.4. The Balaban J connectivity index is 1.10. The minimum atomic E-state index is -0.127. The molecule has 2 aromatic carbocycles. The lowest BCUT2D eigenvalue weighted by Crippen LogP contribution is -2.43. The molecule has 0 radical (unpaired) electrons. The number of pyridine rings is 1. The SMILES string of the molecule is CCC(CC(=O)c1cc(Cl)cc(N(CC)C2CCC(N(C)C)CC2)c1C)Cc1cc(CCN(c2cc(Cl)cc(C(=O)NCCc3nccn3C)c2C)C2CCC(N(C)C)CC2)cc2ccnn12. The number of amides is 1. The van der Waals surface area contributed by atoms with Crippen molar-refractivity contribution in [1.82, 2.24) is 34.3 Å². The van der Waals surface area contributed by atoms with Gasteiger partial charge in [-0.05, 0) is 178 Å². The van der Waals surface area contributed by atoms with E-state index in [1.54, 1.807) is 12.3 Å². The number of Topliss-reactive ketones (excluding diaryl/α,β-unsaturated/α-hetero) is 1. The van der Waals surface area contributed by atoms with Crippen LogP contribution in [0.3, 0.4) is 0 Å². The summed E-state index contributed by atoms with van der Waals surface area (Å²) in [5.41, 5.74) is 8.79. The van der Waals surface area contributed by atoms with Crippen LogP contribution in [0.4, 0.5) is 11.4 Å². The topological polar surface area (TPSA) is 94.2 Å². The standard InChI is InChI=1S/C54H75Cl2N9O2/c1-10-38(31-52(66)48-32-40(55)34-50(36(48)3)63(11-2)44-16-12-42(13-17-44)60(5)6)28-47-30-39(29-46-20-24-59-65(46)47)22-26-64(45-18-14-43(15-19-45)61(7)8)51-35-41(56)33-49(37(51)4)54(67)58-23-21-53-57-25-27-62(53)9/h20,24-25,27,29-30,32-35,38,42-45H,10-19,21-23,26,28,31H2,1-9H3,(H,58,67).